The summed E-state index contributed by atoms with van der Waals surface area (Å²) in [5.74, 6) is 1.54. The number of furan rings is 1. The summed E-state index contributed by atoms with van der Waals surface area (Å²) in [6.45, 7) is 7.04. The lowest BCUT2D eigenvalue weighted by molar-refractivity contribution is -0.119. The van der Waals surface area contributed by atoms with E-state index in [0.717, 1.165) is 36.5 Å². The first-order valence-electron chi connectivity index (χ1n) is 7.77. The quantitative estimate of drug-likeness (QED) is 0.894. The van der Waals surface area contributed by atoms with E-state index in [-0.39, 0.29) is 23.9 Å². The minimum Gasteiger partial charge on any atom is -0.466 e. The molecule has 0 aliphatic carbocycles. The Morgan fingerprint density at radius 2 is 2.23 bits per heavy atom. The second kappa shape index (κ2) is 6.85. The van der Waals surface area contributed by atoms with Gasteiger partial charge in [0.25, 0.3) is 0 Å². The van der Waals surface area contributed by atoms with Gasteiger partial charge in [-0.05, 0) is 45.6 Å². The lowest BCUT2D eigenvalue weighted by Crippen LogP contribution is -2.46. The molecule has 3 amide bonds. The molecular formula is C16H25N3O3. The predicted octanol–water partition coefficient (Wildman–Crippen LogP) is 2.25. The van der Waals surface area contributed by atoms with Crippen LogP contribution in [0.4, 0.5) is 4.79 Å². The van der Waals surface area contributed by atoms with E-state index in [4.69, 9.17) is 10.2 Å². The first-order chi connectivity index (χ1) is 10.4. The molecule has 0 bridgehead atoms. The van der Waals surface area contributed by atoms with Crippen molar-refractivity contribution in [3.63, 3.8) is 0 Å². The maximum absolute atomic E-state index is 12.4. The van der Waals surface area contributed by atoms with Gasteiger partial charge in [0.15, 0.2) is 0 Å². The summed E-state index contributed by atoms with van der Waals surface area (Å²) in [4.78, 5) is 25.2. The maximum Gasteiger partial charge on any atom is 0.317 e. The van der Waals surface area contributed by atoms with Crippen molar-refractivity contribution in [3.05, 3.63) is 23.2 Å². The summed E-state index contributed by atoms with van der Waals surface area (Å²) in [5, 5.41) is 3.00. The SMILES string of the molecule is Cc1cc([C@@H](C)NC(=O)N2CCC[C@@H](CC(N)=O)C2)c(C)o1. The number of carbonyl (C=O) groups excluding carboxylic acids is 2. The Balaban J connectivity index is 1.93. The topological polar surface area (TPSA) is 88.6 Å². The van der Waals surface area contributed by atoms with E-state index in [1.165, 1.54) is 0 Å². The molecule has 6 nitrogen and oxygen atoms in total. The molecule has 1 fully saturated rings. The third-order valence-electron chi connectivity index (χ3n) is 4.18. The zero-order chi connectivity index (χ0) is 16.3. The monoisotopic (exact) mass is 307 g/mol. The minimum absolute atomic E-state index is 0.0973. The van der Waals surface area contributed by atoms with Gasteiger partial charge in [0.1, 0.15) is 11.5 Å². The van der Waals surface area contributed by atoms with E-state index in [1.807, 2.05) is 26.8 Å². The van der Waals surface area contributed by atoms with Crippen LogP contribution in [0.2, 0.25) is 0 Å². The highest BCUT2D eigenvalue weighted by Gasteiger charge is 2.26. The summed E-state index contributed by atoms with van der Waals surface area (Å²) in [6.07, 6.45) is 2.20. The van der Waals surface area contributed by atoms with Crippen LogP contribution >= 0.6 is 0 Å². The van der Waals surface area contributed by atoms with Gasteiger partial charge < -0.3 is 20.4 Å². The number of hydrogen-bond acceptors (Lipinski definition) is 3. The van der Waals surface area contributed by atoms with E-state index in [0.29, 0.717) is 13.0 Å². The number of urea groups is 1. The Hall–Kier alpha value is -1.98. The van der Waals surface area contributed by atoms with Crippen LogP contribution in [-0.2, 0) is 4.79 Å². The van der Waals surface area contributed by atoms with Crippen LogP contribution in [0.25, 0.3) is 0 Å². The number of rotatable bonds is 4. The lowest BCUT2D eigenvalue weighted by atomic mass is 9.95. The molecule has 0 aromatic carbocycles. The fraction of sp³-hybridized carbons (Fsp3) is 0.625. The highest BCUT2D eigenvalue weighted by molar-refractivity contribution is 5.76. The van der Waals surface area contributed by atoms with Gasteiger partial charge in [0.2, 0.25) is 5.91 Å². The standard InChI is InChI=1S/C16H25N3O3/c1-10-7-14(12(3)22-10)11(2)18-16(21)19-6-4-5-13(9-19)8-15(17)20/h7,11,13H,4-6,8-9H2,1-3H3,(H2,17,20)(H,18,21)/t11-,13+/m1/s1. The number of nitrogens with two attached hydrogens (primary N) is 1. The predicted molar refractivity (Wildman–Crippen MR) is 83.2 cm³/mol. The Labute approximate surface area is 131 Å². The van der Waals surface area contributed by atoms with Crippen molar-refractivity contribution >= 4 is 11.9 Å². The molecule has 1 saturated heterocycles. The molecule has 2 heterocycles. The van der Waals surface area contributed by atoms with Gasteiger partial charge in [0, 0.05) is 25.1 Å². The van der Waals surface area contributed by atoms with Gasteiger partial charge in [-0.15, -0.1) is 0 Å². The fourth-order valence-electron chi connectivity index (χ4n) is 3.14. The van der Waals surface area contributed by atoms with Crippen molar-refractivity contribution in [1.29, 1.82) is 0 Å². The maximum atomic E-state index is 12.4. The molecule has 0 saturated carbocycles. The number of hydrogen-bond donors (Lipinski definition) is 2. The van der Waals surface area contributed by atoms with Crippen LogP contribution in [0.5, 0.6) is 0 Å². The van der Waals surface area contributed by atoms with Crippen LogP contribution in [0, 0.1) is 19.8 Å². The minimum atomic E-state index is -0.301. The third kappa shape index (κ3) is 4.02. The Kier molecular flexibility index (Phi) is 5.11. The normalized spacial score (nSPS) is 19.8. The number of likely N-dealkylation sites (tertiary alicyclic amines) is 1. The molecule has 1 aliphatic rings. The van der Waals surface area contributed by atoms with Gasteiger partial charge in [0.05, 0.1) is 6.04 Å². The molecule has 2 rings (SSSR count). The average Bonchev–Trinajstić information content (AvgIpc) is 2.77. The molecule has 0 unspecified atom stereocenters. The first kappa shape index (κ1) is 16.4. The van der Waals surface area contributed by atoms with Gasteiger partial charge >= 0.3 is 6.03 Å². The van der Waals surface area contributed by atoms with E-state index < -0.39 is 0 Å². The number of primary amides is 1. The molecule has 2 atom stereocenters. The molecule has 0 radical (unpaired) electrons. The van der Waals surface area contributed by atoms with Crippen LogP contribution in [0.1, 0.15) is 49.3 Å². The average molecular weight is 307 g/mol. The Morgan fingerprint density at radius 3 is 2.82 bits per heavy atom. The van der Waals surface area contributed by atoms with Gasteiger partial charge in [-0.2, -0.15) is 0 Å². The lowest BCUT2D eigenvalue weighted by Gasteiger charge is -2.33. The number of carbonyl (C=O) groups is 2. The third-order valence-corrected chi connectivity index (χ3v) is 4.18. The molecule has 22 heavy (non-hydrogen) atoms. The fourth-order valence-corrected chi connectivity index (χ4v) is 3.14. The van der Waals surface area contributed by atoms with Gasteiger partial charge in [-0.25, -0.2) is 4.79 Å². The molecule has 3 N–H and O–H groups in total. The number of piperidine rings is 1. The molecular weight excluding hydrogens is 282 g/mol. The summed E-state index contributed by atoms with van der Waals surface area (Å²) in [6, 6.07) is 1.74. The van der Waals surface area contributed by atoms with E-state index in [9.17, 15) is 9.59 Å². The van der Waals surface area contributed by atoms with Crippen molar-refractivity contribution in [2.75, 3.05) is 13.1 Å². The largest absolute Gasteiger partial charge is 0.466 e. The number of aryl methyl sites for hydroxylation is 2. The van der Waals surface area contributed by atoms with Crippen molar-refractivity contribution in [2.45, 2.75) is 46.1 Å². The highest BCUT2D eigenvalue weighted by Crippen LogP contribution is 2.23. The van der Waals surface area contributed by atoms with Crippen LogP contribution in [-0.4, -0.2) is 29.9 Å². The number of nitrogens with one attached hydrogen (secondary N) is 1. The summed E-state index contributed by atoms with van der Waals surface area (Å²) < 4.78 is 5.51. The van der Waals surface area contributed by atoms with Crippen LogP contribution in [0.3, 0.4) is 0 Å². The molecule has 0 spiro atoms. The molecule has 1 aromatic heterocycles. The zero-order valence-corrected chi connectivity index (χ0v) is 13.5. The Bertz CT molecular complexity index is 553. The van der Waals surface area contributed by atoms with E-state index >= 15 is 0 Å². The smallest absolute Gasteiger partial charge is 0.317 e. The van der Waals surface area contributed by atoms with Crippen molar-refractivity contribution < 1.29 is 14.0 Å². The van der Waals surface area contributed by atoms with E-state index in [1.54, 1.807) is 4.90 Å². The van der Waals surface area contributed by atoms with E-state index in [2.05, 4.69) is 5.32 Å². The summed E-state index contributed by atoms with van der Waals surface area (Å²) in [7, 11) is 0. The highest BCUT2D eigenvalue weighted by atomic mass is 16.3. The van der Waals surface area contributed by atoms with Gasteiger partial charge in [-0.3, -0.25) is 4.79 Å². The second-order valence-electron chi connectivity index (χ2n) is 6.16. The van der Waals surface area contributed by atoms with Crippen LogP contribution in [0.15, 0.2) is 10.5 Å². The number of nitrogens with zero attached hydrogens (tertiary/aromatic N) is 1. The molecule has 1 aromatic rings. The summed E-state index contributed by atoms with van der Waals surface area (Å²) >= 11 is 0. The first-order valence-corrected chi connectivity index (χ1v) is 7.77. The molecule has 1 aliphatic heterocycles. The zero-order valence-electron chi connectivity index (χ0n) is 13.5. The van der Waals surface area contributed by atoms with Crippen LogP contribution < -0.4 is 11.1 Å². The number of amides is 3. The molecule has 6 heteroatoms. The van der Waals surface area contributed by atoms with Crippen molar-refractivity contribution in [1.82, 2.24) is 10.2 Å². The second-order valence-corrected chi connectivity index (χ2v) is 6.16. The van der Waals surface area contributed by atoms with Gasteiger partial charge in [-0.1, -0.05) is 0 Å². The summed E-state index contributed by atoms with van der Waals surface area (Å²) in [5.41, 5.74) is 6.25. The van der Waals surface area contributed by atoms with Crippen molar-refractivity contribution in [3.8, 4) is 0 Å². The molecule has 122 valence electrons. The van der Waals surface area contributed by atoms with Crippen molar-refractivity contribution in [2.24, 2.45) is 11.7 Å². The Morgan fingerprint density at radius 1 is 1.50 bits per heavy atom.